The highest BCUT2D eigenvalue weighted by molar-refractivity contribution is 5.81. The number of hydrogen-bond donors (Lipinski definition) is 3. The van der Waals surface area contributed by atoms with E-state index in [0.29, 0.717) is 26.2 Å². The Labute approximate surface area is 264 Å². The van der Waals surface area contributed by atoms with Crippen molar-refractivity contribution >= 4 is 28.8 Å². The highest BCUT2D eigenvalue weighted by atomic mass is 16.6. The zero-order chi connectivity index (χ0) is 32.2. The van der Waals surface area contributed by atoms with Crippen molar-refractivity contribution in [3.63, 3.8) is 0 Å². The number of amides is 3. The molecule has 0 saturated carbocycles. The number of piperidine rings is 2. The lowest BCUT2D eigenvalue weighted by Gasteiger charge is -2.40. The van der Waals surface area contributed by atoms with Gasteiger partial charge in [-0.05, 0) is 71.0 Å². The van der Waals surface area contributed by atoms with Crippen LogP contribution in [0.1, 0.15) is 65.3 Å². The van der Waals surface area contributed by atoms with Gasteiger partial charge in [0.25, 0.3) is 5.56 Å². The van der Waals surface area contributed by atoms with Gasteiger partial charge in [0, 0.05) is 69.2 Å². The number of aliphatic hydroxyl groups excluding tert-OH is 1. The summed E-state index contributed by atoms with van der Waals surface area (Å²) >= 11 is 0. The minimum atomic E-state index is -0.706. The average Bonchev–Trinajstić information content (AvgIpc) is 3.21. The molecule has 3 fully saturated rings. The second kappa shape index (κ2) is 14.3. The summed E-state index contributed by atoms with van der Waals surface area (Å²) in [5.74, 6) is -0.505. The summed E-state index contributed by atoms with van der Waals surface area (Å²) in [4.78, 5) is 56.3. The van der Waals surface area contributed by atoms with E-state index in [9.17, 15) is 24.3 Å². The molecule has 4 N–H and O–H groups in total. The van der Waals surface area contributed by atoms with E-state index in [2.05, 4.69) is 15.1 Å². The van der Waals surface area contributed by atoms with Gasteiger partial charge < -0.3 is 35.3 Å². The van der Waals surface area contributed by atoms with Crippen LogP contribution in [0, 0.1) is 5.92 Å². The van der Waals surface area contributed by atoms with Gasteiger partial charge in [0.05, 0.1) is 17.5 Å². The molecule has 3 unspecified atom stereocenters. The van der Waals surface area contributed by atoms with Gasteiger partial charge in [-0.2, -0.15) is 0 Å². The Morgan fingerprint density at radius 3 is 2.51 bits per heavy atom. The number of pyridine rings is 1. The van der Waals surface area contributed by atoms with Gasteiger partial charge in [-0.1, -0.05) is 18.2 Å². The lowest BCUT2D eigenvalue weighted by molar-refractivity contribution is -0.131. The third-order valence-corrected chi connectivity index (χ3v) is 9.73. The highest BCUT2D eigenvalue weighted by Crippen LogP contribution is 2.36. The number of nitrogens with two attached hydrogens (primary N) is 1. The summed E-state index contributed by atoms with van der Waals surface area (Å²) in [6.07, 6.45) is 3.76. The third kappa shape index (κ3) is 7.85. The molecule has 5 atom stereocenters. The van der Waals surface area contributed by atoms with Crippen LogP contribution in [0.15, 0.2) is 35.1 Å². The Morgan fingerprint density at radius 2 is 1.84 bits per heavy atom. The largest absolute Gasteiger partial charge is 0.413 e. The van der Waals surface area contributed by atoms with Crippen molar-refractivity contribution in [1.82, 2.24) is 24.6 Å². The van der Waals surface area contributed by atoms with E-state index >= 15 is 0 Å². The van der Waals surface area contributed by atoms with Crippen molar-refractivity contribution in [1.29, 1.82) is 0 Å². The van der Waals surface area contributed by atoms with Crippen LogP contribution < -0.4 is 21.3 Å². The maximum absolute atomic E-state index is 13.2. The number of likely N-dealkylation sites (tertiary alicyclic amines) is 1. The summed E-state index contributed by atoms with van der Waals surface area (Å²) in [5, 5.41) is 14.9. The van der Waals surface area contributed by atoms with Crippen molar-refractivity contribution < 1.29 is 24.2 Å². The number of carbonyl (C=O) groups excluding carboxylic acids is 3. The second-order valence-electron chi connectivity index (χ2n) is 13.3. The maximum atomic E-state index is 13.2. The Morgan fingerprint density at radius 1 is 1.13 bits per heavy atom. The van der Waals surface area contributed by atoms with Gasteiger partial charge >= 0.3 is 6.09 Å². The first-order valence-corrected chi connectivity index (χ1v) is 16.3. The maximum Gasteiger partial charge on any atom is 0.413 e. The molecular formula is C33H48N6O6. The van der Waals surface area contributed by atoms with Crippen molar-refractivity contribution in [2.45, 2.75) is 89.6 Å². The van der Waals surface area contributed by atoms with Crippen LogP contribution in [-0.2, 0) is 9.59 Å². The molecule has 246 valence electrons. The molecule has 5 rings (SSSR count). The Hall–Kier alpha value is -3.48. The predicted octanol–water partition coefficient (Wildman–Crippen LogP) is 2.07. The van der Waals surface area contributed by atoms with Gasteiger partial charge in [0.2, 0.25) is 11.8 Å². The zero-order valence-electron chi connectivity index (χ0n) is 26.7. The molecule has 2 bridgehead atoms. The van der Waals surface area contributed by atoms with Gasteiger partial charge in [-0.25, -0.2) is 4.79 Å². The van der Waals surface area contributed by atoms with E-state index in [1.165, 1.54) is 6.92 Å². The fourth-order valence-corrected chi connectivity index (χ4v) is 7.52. The van der Waals surface area contributed by atoms with Crippen LogP contribution >= 0.6 is 0 Å². The number of aromatic nitrogens is 1. The van der Waals surface area contributed by atoms with Gasteiger partial charge in [-0.3, -0.25) is 19.3 Å². The smallest absolute Gasteiger partial charge is 0.404 e. The molecule has 0 radical (unpaired) electrons. The number of fused-ring (bicyclic) bond motifs is 3. The number of hydrogen-bond acceptors (Lipinski definition) is 8. The van der Waals surface area contributed by atoms with Crippen molar-refractivity contribution in [3.05, 3.63) is 40.7 Å². The predicted molar refractivity (Wildman–Crippen MR) is 171 cm³/mol. The molecule has 2 aromatic rings. The second-order valence-corrected chi connectivity index (χ2v) is 13.3. The topological polar surface area (TPSA) is 150 Å². The van der Waals surface area contributed by atoms with Crippen LogP contribution in [0.3, 0.4) is 0 Å². The Balaban J connectivity index is 1.12. The number of ether oxygens (including phenoxy) is 1. The van der Waals surface area contributed by atoms with Gasteiger partial charge in [0.1, 0.15) is 0 Å². The summed E-state index contributed by atoms with van der Waals surface area (Å²) in [6, 6.07) is 9.37. The first-order valence-electron chi connectivity index (χ1n) is 16.3. The number of benzene rings is 1. The summed E-state index contributed by atoms with van der Waals surface area (Å²) in [5.41, 5.74) is 5.96. The van der Waals surface area contributed by atoms with Crippen LogP contribution in [0.5, 0.6) is 5.75 Å². The van der Waals surface area contributed by atoms with Crippen LogP contribution in [0.2, 0.25) is 0 Å². The number of nitrogens with one attached hydrogen (secondary N) is 1. The molecule has 1 aromatic carbocycles. The molecule has 3 aliphatic heterocycles. The first kappa shape index (κ1) is 32.9. The molecule has 12 heteroatoms. The van der Waals surface area contributed by atoms with E-state index in [-0.39, 0.29) is 59.8 Å². The molecule has 0 spiro atoms. The van der Waals surface area contributed by atoms with Gasteiger partial charge in [0.15, 0.2) is 5.75 Å². The van der Waals surface area contributed by atoms with E-state index in [4.69, 9.17) is 10.5 Å². The fraction of sp³-hybridized carbons (Fsp3) is 0.636. The van der Waals surface area contributed by atoms with E-state index in [0.717, 1.165) is 56.0 Å². The SMILES string of the molecule is CC(=O)N(CCN1CCCC(C(N)=O)C1)CC(O)CN1[C@@H]2CC[C@H]1CC(NC(=O)Oc1cc3ccccc3n(C(C)C)c1=O)C2. The molecule has 45 heavy (non-hydrogen) atoms. The molecular weight excluding hydrogens is 576 g/mol. The van der Waals surface area contributed by atoms with Crippen LogP contribution in [0.25, 0.3) is 10.9 Å². The van der Waals surface area contributed by atoms with E-state index in [1.807, 2.05) is 38.1 Å². The number of rotatable bonds is 11. The molecule has 1 aromatic heterocycles. The lowest BCUT2D eigenvalue weighted by atomic mass is 9.97. The average molecular weight is 625 g/mol. The molecule has 0 aliphatic carbocycles. The molecule has 3 saturated heterocycles. The van der Waals surface area contributed by atoms with Crippen molar-refractivity contribution in [3.8, 4) is 5.75 Å². The summed E-state index contributed by atoms with van der Waals surface area (Å²) in [6.45, 7) is 8.67. The molecule has 12 nitrogen and oxygen atoms in total. The monoisotopic (exact) mass is 624 g/mol. The highest BCUT2D eigenvalue weighted by Gasteiger charge is 2.42. The molecule has 4 heterocycles. The number of aliphatic hydroxyl groups is 1. The van der Waals surface area contributed by atoms with Crippen LogP contribution in [-0.4, -0.2) is 106 Å². The number of primary amides is 1. The number of carbonyl (C=O) groups is 3. The quantitative estimate of drug-likeness (QED) is 0.344. The van der Waals surface area contributed by atoms with E-state index < -0.39 is 12.2 Å². The van der Waals surface area contributed by atoms with Crippen molar-refractivity contribution in [2.24, 2.45) is 11.7 Å². The standard InChI is InChI=1S/C33H48N6O6/c1-21(2)39-29-9-5-4-7-23(29)15-30(32(39)43)45-33(44)35-25-16-26-10-11-27(17-25)38(26)20-28(41)19-37(22(3)40)14-13-36-12-6-8-24(18-36)31(34)42/h4-5,7,9,15,21,24-28,41H,6,8,10-14,16-20H2,1-3H3,(H2,34,42)(H,35,44)/t24?,25?,26-,27+,28?. The molecule has 3 aliphatic rings. The minimum Gasteiger partial charge on any atom is -0.404 e. The fourth-order valence-electron chi connectivity index (χ4n) is 7.52. The Kier molecular flexibility index (Phi) is 10.5. The molecule has 3 amide bonds. The normalized spacial score (nSPS) is 24.5. The minimum absolute atomic E-state index is 0.00595. The van der Waals surface area contributed by atoms with Gasteiger partial charge in [-0.15, -0.1) is 0 Å². The summed E-state index contributed by atoms with van der Waals surface area (Å²) in [7, 11) is 0. The zero-order valence-corrected chi connectivity index (χ0v) is 26.7. The van der Waals surface area contributed by atoms with E-state index in [1.54, 1.807) is 15.5 Å². The number of nitrogens with zero attached hydrogens (tertiary/aromatic N) is 4. The first-order chi connectivity index (χ1) is 21.5. The third-order valence-electron chi connectivity index (χ3n) is 9.73. The van der Waals surface area contributed by atoms with Crippen LogP contribution in [0.4, 0.5) is 4.79 Å². The van der Waals surface area contributed by atoms with Crippen molar-refractivity contribution in [2.75, 3.05) is 39.3 Å². The summed E-state index contributed by atoms with van der Waals surface area (Å²) < 4.78 is 7.22. The number of para-hydroxylation sites is 1. The Bertz CT molecular complexity index is 1430. The lowest BCUT2D eigenvalue weighted by Crippen LogP contribution is -2.54.